The molecule has 0 aromatic heterocycles. The summed E-state index contributed by atoms with van der Waals surface area (Å²) in [7, 11) is 0.203. The van der Waals surface area contributed by atoms with Crippen LogP contribution in [0.25, 0.3) is 0 Å². The molecule has 2 N–H and O–H groups in total. The Bertz CT molecular complexity index is 279. The SMILES string of the molecule is COC1=CCC=C(S(N)=O)C=C1. The number of allylic oxidation sites excluding steroid dienone is 4. The first kappa shape index (κ1) is 9.22. The van der Waals surface area contributed by atoms with Crippen LogP contribution in [0.5, 0.6) is 0 Å². The van der Waals surface area contributed by atoms with Crippen LogP contribution in [0, 0.1) is 0 Å². The molecule has 0 fully saturated rings. The molecule has 1 rings (SSSR count). The highest BCUT2D eigenvalue weighted by Gasteiger charge is 2.01. The van der Waals surface area contributed by atoms with Crippen molar-refractivity contribution in [3.8, 4) is 0 Å². The summed E-state index contributed by atoms with van der Waals surface area (Å²) in [6.07, 6.45) is 7.88. The Morgan fingerprint density at radius 3 is 2.83 bits per heavy atom. The molecule has 0 aromatic rings. The zero-order valence-electron chi connectivity index (χ0n) is 6.82. The van der Waals surface area contributed by atoms with Crippen LogP contribution in [0.4, 0.5) is 0 Å². The average Bonchev–Trinajstić information content (AvgIpc) is 2.28. The van der Waals surface area contributed by atoms with Crippen LogP contribution < -0.4 is 5.14 Å². The third-order valence-corrected chi connectivity index (χ3v) is 2.29. The summed E-state index contributed by atoms with van der Waals surface area (Å²) in [5.41, 5.74) is 0. The third kappa shape index (κ3) is 2.32. The van der Waals surface area contributed by atoms with Crippen LogP contribution in [0.2, 0.25) is 0 Å². The lowest BCUT2D eigenvalue weighted by atomic mass is 10.3. The molecule has 1 aliphatic carbocycles. The maximum Gasteiger partial charge on any atom is 0.121 e. The number of ether oxygens (including phenoxy) is 1. The van der Waals surface area contributed by atoms with E-state index >= 15 is 0 Å². The lowest BCUT2D eigenvalue weighted by molar-refractivity contribution is 0.306. The maximum atomic E-state index is 10.9. The van der Waals surface area contributed by atoms with Gasteiger partial charge in [-0.25, -0.2) is 9.35 Å². The predicted molar refractivity (Wildman–Crippen MR) is 49.3 cm³/mol. The van der Waals surface area contributed by atoms with Gasteiger partial charge in [0.15, 0.2) is 0 Å². The number of rotatable bonds is 2. The van der Waals surface area contributed by atoms with Gasteiger partial charge in [-0.3, -0.25) is 0 Å². The van der Waals surface area contributed by atoms with Crippen LogP contribution in [0.1, 0.15) is 6.42 Å². The molecular weight excluding hydrogens is 174 g/mol. The Kier molecular flexibility index (Phi) is 3.25. The van der Waals surface area contributed by atoms with Gasteiger partial charge < -0.3 is 4.74 Å². The van der Waals surface area contributed by atoms with E-state index in [-0.39, 0.29) is 0 Å². The maximum absolute atomic E-state index is 10.9. The standard InChI is InChI=1S/C8H11NO2S/c1-11-7-3-2-4-8(6-5-7)12(9)10/h3-6H,2,9H2,1H3. The minimum Gasteiger partial charge on any atom is -0.497 e. The first-order valence-corrected chi connectivity index (χ1v) is 4.74. The smallest absolute Gasteiger partial charge is 0.121 e. The summed E-state index contributed by atoms with van der Waals surface area (Å²) in [6.45, 7) is 0. The van der Waals surface area contributed by atoms with Crippen molar-refractivity contribution < 1.29 is 8.95 Å². The van der Waals surface area contributed by atoms with E-state index in [9.17, 15) is 4.21 Å². The minimum atomic E-state index is -1.39. The Hall–Kier alpha value is -0.870. The largest absolute Gasteiger partial charge is 0.497 e. The van der Waals surface area contributed by atoms with Crippen molar-refractivity contribution in [1.29, 1.82) is 0 Å². The molecule has 3 nitrogen and oxygen atoms in total. The fourth-order valence-electron chi connectivity index (χ4n) is 0.892. The average molecular weight is 185 g/mol. The van der Waals surface area contributed by atoms with Crippen LogP contribution >= 0.6 is 0 Å². The topological polar surface area (TPSA) is 52.3 Å². The van der Waals surface area contributed by atoms with Crippen molar-refractivity contribution in [2.45, 2.75) is 6.42 Å². The van der Waals surface area contributed by atoms with Gasteiger partial charge in [0.1, 0.15) is 16.7 Å². The minimum absolute atomic E-state index is 0.637. The van der Waals surface area contributed by atoms with Crippen molar-refractivity contribution >= 4 is 11.0 Å². The highest BCUT2D eigenvalue weighted by Crippen LogP contribution is 2.11. The molecule has 0 aromatic carbocycles. The monoisotopic (exact) mass is 185 g/mol. The van der Waals surface area contributed by atoms with E-state index in [1.807, 2.05) is 12.2 Å². The molecule has 1 atom stereocenters. The van der Waals surface area contributed by atoms with Gasteiger partial charge in [-0.1, -0.05) is 6.08 Å². The molecule has 0 spiro atoms. The first-order valence-electron chi connectivity index (χ1n) is 3.52. The molecular formula is C8H11NO2S. The van der Waals surface area contributed by atoms with Gasteiger partial charge in [0, 0.05) is 0 Å². The highest BCUT2D eigenvalue weighted by atomic mass is 32.2. The zero-order valence-corrected chi connectivity index (χ0v) is 7.64. The van der Waals surface area contributed by atoms with E-state index in [1.165, 1.54) is 0 Å². The van der Waals surface area contributed by atoms with Gasteiger partial charge in [-0.15, -0.1) is 0 Å². The van der Waals surface area contributed by atoms with E-state index in [2.05, 4.69) is 0 Å². The molecule has 0 radical (unpaired) electrons. The van der Waals surface area contributed by atoms with Crippen molar-refractivity contribution in [2.24, 2.45) is 5.14 Å². The van der Waals surface area contributed by atoms with Crippen molar-refractivity contribution in [1.82, 2.24) is 0 Å². The Morgan fingerprint density at radius 2 is 2.25 bits per heavy atom. The molecule has 0 bridgehead atoms. The summed E-state index contributed by atoms with van der Waals surface area (Å²) in [4.78, 5) is 0.637. The second kappa shape index (κ2) is 4.23. The number of methoxy groups -OCH3 is 1. The normalized spacial score (nSPS) is 19.2. The lowest BCUT2D eigenvalue weighted by Gasteiger charge is -1.96. The van der Waals surface area contributed by atoms with E-state index in [4.69, 9.17) is 9.88 Å². The van der Waals surface area contributed by atoms with Crippen LogP contribution in [-0.4, -0.2) is 11.3 Å². The summed E-state index contributed by atoms with van der Waals surface area (Å²) >= 11 is 0. The highest BCUT2D eigenvalue weighted by molar-refractivity contribution is 7.86. The molecule has 1 aliphatic rings. The molecule has 0 aliphatic heterocycles. The number of nitrogens with two attached hydrogens (primary N) is 1. The second-order valence-electron chi connectivity index (χ2n) is 2.28. The van der Waals surface area contributed by atoms with E-state index in [0.29, 0.717) is 11.3 Å². The second-order valence-corrected chi connectivity index (χ2v) is 3.35. The van der Waals surface area contributed by atoms with Gasteiger partial charge >= 0.3 is 0 Å². The summed E-state index contributed by atoms with van der Waals surface area (Å²) in [6, 6.07) is 0. The van der Waals surface area contributed by atoms with Gasteiger partial charge in [-0.05, 0) is 24.6 Å². The third-order valence-electron chi connectivity index (χ3n) is 1.52. The van der Waals surface area contributed by atoms with Crippen LogP contribution in [0.3, 0.4) is 0 Å². The van der Waals surface area contributed by atoms with E-state index < -0.39 is 11.0 Å². The molecule has 12 heavy (non-hydrogen) atoms. The fourth-order valence-corrected chi connectivity index (χ4v) is 1.35. The molecule has 0 heterocycles. The van der Waals surface area contributed by atoms with Crippen molar-refractivity contribution in [3.63, 3.8) is 0 Å². The Morgan fingerprint density at radius 1 is 1.50 bits per heavy atom. The van der Waals surface area contributed by atoms with Crippen molar-refractivity contribution in [3.05, 3.63) is 35.0 Å². The first-order chi connectivity index (χ1) is 5.74. The number of hydrogen-bond acceptors (Lipinski definition) is 2. The molecule has 0 saturated heterocycles. The fraction of sp³-hybridized carbons (Fsp3) is 0.250. The van der Waals surface area contributed by atoms with Crippen molar-refractivity contribution in [2.75, 3.05) is 7.11 Å². The molecule has 0 amide bonds. The van der Waals surface area contributed by atoms with Crippen LogP contribution in [-0.2, 0) is 15.7 Å². The van der Waals surface area contributed by atoms with E-state index in [0.717, 1.165) is 5.76 Å². The predicted octanol–water partition coefficient (Wildman–Crippen LogP) is 0.983. The molecule has 0 saturated carbocycles. The van der Waals surface area contributed by atoms with Gasteiger partial charge in [-0.2, -0.15) is 0 Å². The molecule has 4 heteroatoms. The zero-order chi connectivity index (χ0) is 8.97. The summed E-state index contributed by atoms with van der Waals surface area (Å²) in [5, 5.41) is 5.21. The van der Waals surface area contributed by atoms with Gasteiger partial charge in [0.2, 0.25) is 0 Å². The number of hydrogen-bond donors (Lipinski definition) is 1. The Balaban J connectivity index is 2.77. The van der Waals surface area contributed by atoms with Crippen LogP contribution in [0.15, 0.2) is 35.0 Å². The quantitative estimate of drug-likeness (QED) is 0.697. The van der Waals surface area contributed by atoms with Gasteiger partial charge in [0.25, 0.3) is 0 Å². The lowest BCUT2D eigenvalue weighted by Crippen LogP contribution is -2.03. The molecule has 66 valence electrons. The Labute approximate surface area is 74.2 Å². The van der Waals surface area contributed by atoms with E-state index in [1.54, 1.807) is 19.3 Å². The summed E-state index contributed by atoms with van der Waals surface area (Å²) in [5.74, 6) is 0.770. The van der Waals surface area contributed by atoms with Gasteiger partial charge in [0.05, 0.1) is 12.0 Å². The molecule has 1 unspecified atom stereocenters. The summed E-state index contributed by atoms with van der Waals surface area (Å²) < 4.78 is 15.9.